The van der Waals surface area contributed by atoms with E-state index >= 15 is 0 Å². The maximum atomic E-state index is 12.0. The maximum absolute atomic E-state index is 12.0. The largest absolute Gasteiger partial charge is 0.497 e. The number of fused-ring (bicyclic) bond motifs is 1. The lowest BCUT2D eigenvalue weighted by Gasteiger charge is -2.39. The standard InChI is InChI=1S/C17H22N2O4/c1-22-12-4-2-3-11(9-12)17(21)18-7-5-16(20)19-14-10-15-13(14)6-8-23-15/h2-4,9,13-15H,5-8,10H2,1H3,(H,18,21)(H,19,20)/t13-,14+,15+/m0/s1. The summed E-state index contributed by atoms with van der Waals surface area (Å²) in [6.07, 6.45) is 2.56. The Kier molecular flexibility index (Phi) is 4.81. The lowest BCUT2D eigenvalue weighted by Crippen LogP contribution is -2.53. The second-order valence-corrected chi connectivity index (χ2v) is 6.01. The minimum absolute atomic E-state index is 0.0220. The highest BCUT2D eigenvalue weighted by atomic mass is 16.5. The topological polar surface area (TPSA) is 76.7 Å². The molecule has 2 amide bonds. The Morgan fingerprint density at radius 3 is 3.04 bits per heavy atom. The van der Waals surface area contributed by atoms with Crippen molar-refractivity contribution in [3.8, 4) is 5.75 Å². The zero-order chi connectivity index (χ0) is 16.2. The van der Waals surface area contributed by atoms with Crippen molar-refractivity contribution in [2.24, 2.45) is 5.92 Å². The summed E-state index contributed by atoms with van der Waals surface area (Å²) >= 11 is 0. The average Bonchev–Trinajstić information content (AvgIpc) is 2.93. The normalized spacial score (nSPS) is 25.2. The van der Waals surface area contributed by atoms with Gasteiger partial charge in [0.05, 0.1) is 13.2 Å². The lowest BCUT2D eigenvalue weighted by molar-refractivity contribution is -0.123. The second kappa shape index (κ2) is 7.00. The molecule has 6 nitrogen and oxygen atoms in total. The van der Waals surface area contributed by atoms with Crippen molar-refractivity contribution >= 4 is 11.8 Å². The molecule has 0 unspecified atom stereocenters. The summed E-state index contributed by atoms with van der Waals surface area (Å²) in [5.41, 5.74) is 0.523. The first-order valence-electron chi connectivity index (χ1n) is 8.00. The van der Waals surface area contributed by atoms with E-state index in [1.165, 1.54) is 0 Å². The third kappa shape index (κ3) is 3.64. The molecule has 0 spiro atoms. The van der Waals surface area contributed by atoms with Crippen LogP contribution in [0.5, 0.6) is 5.75 Å². The zero-order valence-corrected chi connectivity index (χ0v) is 13.2. The molecule has 0 bridgehead atoms. The van der Waals surface area contributed by atoms with Crippen LogP contribution in [0.3, 0.4) is 0 Å². The highest BCUT2D eigenvalue weighted by Gasteiger charge is 2.45. The SMILES string of the molecule is COc1cccc(C(=O)NCCC(=O)N[C@@H]2C[C@H]3OCC[C@@H]23)c1. The van der Waals surface area contributed by atoms with Crippen LogP contribution in [-0.2, 0) is 9.53 Å². The maximum Gasteiger partial charge on any atom is 0.251 e. The van der Waals surface area contributed by atoms with E-state index < -0.39 is 0 Å². The molecule has 1 saturated carbocycles. The number of methoxy groups -OCH3 is 1. The van der Waals surface area contributed by atoms with Crippen LogP contribution in [0.25, 0.3) is 0 Å². The summed E-state index contributed by atoms with van der Waals surface area (Å²) in [6, 6.07) is 7.17. The third-order valence-electron chi connectivity index (χ3n) is 4.58. The van der Waals surface area contributed by atoms with Gasteiger partial charge in [-0.15, -0.1) is 0 Å². The summed E-state index contributed by atoms with van der Waals surface area (Å²) in [7, 11) is 1.56. The zero-order valence-electron chi connectivity index (χ0n) is 13.2. The first-order valence-corrected chi connectivity index (χ1v) is 8.00. The third-order valence-corrected chi connectivity index (χ3v) is 4.58. The van der Waals surface area contributed by atoms with Gasteiger partial charge in [-0.1, -0.05) is 6.07 Å². The molecule has 1 aliphatic carbocycles. The Hall–Kier alpha value is -2.08. The fourth-order valence-electron chi connectivity index (χ4n) is 3.20. The molecule has 3 rings (SSSR count). The first-order chi connectivity index (χ1) is 11.2. The van der Waals surface area contributed by atoms with Gasteiger partial charge in [0.2, 0.25) is 5.91 Å². The predicted molar refractivity (Wildman–Crippen MR) is 84.3 cm³/mol. The molecule has 2 fully saturated rings. The smallest absolute Gasteiger partial charge is 0.251 e. The summed E-state index contributed by atoms with van der Waals surface area (Å²) in [6.45, 7) is 1.12. The molecule has 124 valence electrons. The number of amides is 2. The minimum atomic E-state index is -0.204. The van der Waals surface area contributed by atoms with Crippen LogP contribution in [0.1, 0.15) is 29.6 Å². The summed E-state index contributed by atoms with van der Waals surface area (Å²) in [4.78, 5) is 23.9. The van der Waals surface area contributed by atoms with Crippen molar-refractivity contribution in [2.45, 2.75) is 31.4 Å². The van der Waals surface area contributed by atoms with Crippen molar-refractivity contribution in [3.63, 3.8) is 0 Å². The Labute approximate surface area is 135 Å². The van der Waals surface area contributed by atoms with E-state index in [0.29, 0.717) is 29.9 Å². The van der Waals surface area contributed by atoms with E-state index in [2.05, 4.69) is 10.6 Å². The van der Waals surface area contributed by atoms with E-state index in [0.717, 1.165) is 19.4 Å². The van der Waals surface area contributed by atoms with Gasteiger partial charge < -0.3 is 20.1 Å². The van der Waals surface area contributed by atoms with Crippen LogP contribution >= 0.6 is 0 Å². The number of hydrogen-bond donors (Lipinski definition) is 2. The molecular weight excluding hydrogens is 296 g/mol. The number of hydrogen-bond acceptors (Lipinski definition) is 4. The van der Waals surface area contributed by atoms with Gasteiger partial charge in [-0.2, -0.15) is 0 Å². The van der Waals surface area contributed by atoms with E-state index in [9.17, 15) is 9.59 Å². The Bertz CT molecular complexity index is 590. The van der Waals surface area contributed by atoms with Crippen LogP contribution in [0.15, 0.2) is 24.3 Å². The van der Waals surface area contributed by atoms with Crippen LogP contribution in [0.2, 0.25) is 0 Å². The van der Waals surface area contributed by atoms with Crippen molar-refractivity contribution in [1.82, 2.24) is 10.6 Å². The number of rotatable bonds is 6. The van der Waals surface area contributed by atoms with Crippen LogP contribution in [0.4, 0.5) is 0 Å². The quantitative estimate of drug-likeness (QED) is 0.824. The fraction of sp³-hybridized carbons (Fsp3) is 0.529. The number of carbonyl (C=O) groups is 2. The molecule has 1 aromatic carbocycles. The van der Waals surface area contributed by atoms with Crippen LogP contribution in [-0.4, -0.2) is 44.2 Å². The molecule has 1 aliphatic heterocycles. The monoisotopic (exact) mass is 318 g/mol. The molecule has 0 aromatic heterocycles. The van der Waals surface area contributed by atoms with Gasteiger partial charge in [0.25, 0.3) is 5.91 Å². The average molecular weight is 318 g/mol. The number of carbonyl (C=O) groups excluding carboxylic acids is 2. The van der Waals surface area contributed by atoms with Gasteiger partial charge in [0.15, 0.2) is 0 Å². The van der Waals surface area contributed by atoms with Crippen LogP contribution < -0.4 is 15.4 Å². The van der Waals surface area contributed by atoms with E-state index in [4.69, 9.17) is 9.47 Å². The van der Waals surface area contributed by atoms with Gasteiger partial charge in [0, 0.05) is 37.1 Å². The second-order valence-electron chi connectivity index (χ2n) is 6.01. The molecule has 0 radical (unpaired) electrons. The molecule has 1 heterocycles. The van der Waals surface area contributed by atoms with Gasteiger partial charge in [-0.25, -0.2) is 0 Å². The Morgan fingerprint density at radius 2 is 2.26 bits per heavy atom. The molecule has 2 N–H and O–H groups in total. The molecule has 1 aromatic rings. The highest BCUT2D eigenvalue weighted by molar-refractivity contribution is 5.94. The van der Waals surface area contributed by atoms with Crippen molar-refractivity contribution in [3.05, 3.63) is 29.8 Å². The van der Waals surface area contributed by atoms with E-state index in [1.807, 2.05) is 0 Å². The Balaban J connectivity index is 1.38. The van der Waals surface area contributed by atoms with Gasteiger partial charge in [-0.05, 0) is 31.0 Å². The van der Waals surface area contributed by atoms with Crippen LogP contribution in [0, 0.1) is 5.92 Å². The van der Waals surface area contributed by atoms with Crippen molar-refractivity contribution in [2.75, 3.05) is 20.3 Å². The minimum Gasteiger partial charge on any atom is -0.497 e. The van der Waals surface area contributed by atoms with E-state index in [-0.39, 0.29) is 24.3 Å². The van der Waals surface area contributed by atoms with E-state index in [1.54, 1.807) is 31.4 Å². The fourth-order valence-corrected chi connectivity index (χ4v) is 3.20. The molecule has 1 saturated heterocycles. The molecule has 2 aliphatic rings. The van der Waals surface area contributed by atoms with Gasteiger partial charge in [0.1, 0.15) is 5.75 Å². The van der Waals surface area contributed by atoms with Crippen molar-refractivity contribution < 1.29 is 19.1 Å². The summed E-state index contributed by atoms with van der Waals surface area (Å²) in [5.74, 6) is 0.884. The van der Waals surface area contributed by atoms with Gasteiger partial charge in [-0.3, -0.25) is 9.59 Å². The number of nitrogens with one attached hydrogen (secondary N) is 2. The summed E-state index contributed by atoms with van der Waals surface area (Å²) < 4.78 is 10.6. The molecule has 6 heteroatoms. The number of benzene rings is 1. The molecular formula is C17H22N2O4. The lowest BCUT2D eigenvalue weighted by atomic mass is 9.76. The Morgan fingerprint density at radius 1 is 1.39 bits per heavy atom. The van der Waals surface area contributed by atoms with Crippen molar-refractivity contribution in [1.29, 1.82) is 0 Å². The first kappa shape index (κ1) is 15.8. The number of ether oxygens (including phenoxy) is 2. The molecule has 23 heavy (non-hydrogen) atoms. The predicted octanol–water partition coefficient (Wildman–Crippen LogP) is 1.11. The highest BCUT2D eigenvalue weighted by Crippen LogP contribution is 2.38. The summed E-state index contributed by atoms with van der Waals surface area (Å²) in [5, 5.41) is 5.79. The molecule has 3 atom stereocenters. The van der Waals surface area contributed by atoms with Gasteiger partial charge >= 0.3 is 0 Å².